The van der Waals surface area contributed by atoms with E-state index in [9.17, 15) is 4.79 Å². The molecule has 0 radical (unpaired) electrons. The van der Waals surface area contributed by atoms with Crippen LogP contribution >= 0.6 is 23.2 Å². The number of piperidine rings is 2. The number of nitrogens with zero attached hydrogens (tertiary/aromatic N) is 2. The highest BCUT2D eigenvalue weighted by Gasteiger charge is 2.31. The third kappa shape index (κ3) is 5.33. The highest BCUT2D eigenvalue weighted by molar-refractivity contribution is 6.42. The van der Waals surface area contributed by atoms with Crippen LogP contribution in [0.3, 0.4) is 0 Å². The van der Waals surface area contributed by atoms with Crippen molar-refractivity contribution in [1.82, 2.24) is 4.90 Å². The van der Waals surface area contributed by atoms with Gasteiger partial charge in [-0.15, -0.1) is 0 Å². The normalized spacial score (nSPS) is 19.8. The van der Waals surface area contributed by atoms with E-state index in [1.54, 1.807) is 19.2 Å². The number of ether oxygens (including phenoxy) is 2. The van der Waals surface area contributed by atoms with Crippen LogP contribution in [-0.2, 0) is 4.79 Å². The predicted molar refractivity (Wildman–Crippen MR) is 130 cm³/mol. The van der Waals surface area contributed by atoms with Gasteiger partial charge in [-0.1, -0.05) is 35.7 Å². The first-order valence-electron chi connectivity index (χ1n) is 11.4. The van der Waals surface area contributed by atoms with Crippen molar-refractivity contribution in [3.63, 3.8) is 0 Å². The first-order chi connectivity index (χ1) is 15.6. The molecular formula is C25H30Cl2N2O3. The fraction of sp³-hybridized carbons (Fsp3) is 0.480. The number of likely N-dealkylation sites (tertiary alicyclic amines) is 1. The number of methoxy groups -OCH3 is 1. The number of hydrogen-bond donors (Lipinski definition) is 0. The second-order valence-corrected chi connectivity index (χ2v) is 9.26. The second kappa shape index (κ2) is 10.8. The van der Waals surface area contributed by atoms with Crippen LogP contribution in [0.15, 0.2) is 36.4 Å². The maximum absolute atomic E-state index is 13.4. The fourth-order valence-electron chi connectivity index (χ4n) is 4.58. The van der Waals surface area contributed by atoms with E-state index < -0.39 is 0 Å². The molecular weight excluding hydrogens is 447 g/mol. The molecule has 0 aliphatic carbocycles. The summed E-state index contributed by atoms with van der Waals surface area (Å²) in [5.41, 5.74) is 1.73. The number of rotatable bonds is 7. The minimum atomic E-state index is -0.232. The predicted octanol–water partition coefficient (Wildman–Crippen LogP) is 5.78. The minimum absolute atomic E-state index is 0.0686. The van der Waals surface area contributed by atoms with Crippen LogP contribution in [0.4, 0.5) is 5.69 Å². The summed E-state index contributed by atoms with van der Waals surface area (Å²) in [6, 6.07) is 11.2. The van der Waals surface area contributed by atoms with E-state index in [0.29, 0.717) is 34.7 Å². The lowest BCUT2D eigenvalue weighted by Gasteiger charge is -2.33. The van der Waals surface area contributed by atoms with E-state index in [-0.39, 0.29) is 11.8 Å². The largest absolute Gasteiger partial charge is 0.493 e. The number of benzene rings is 2. The SMILES string of the molecule is COc1ccc(N2CCCC(c3ccc(Cl)c(Cl)c3)C2=O)cc1OCCN1CCCCC1. The number of carbonyl (C=O) groups excluding carboxylic acids is 1. The molecule has 2 aliphatic rings. The lowest BCUT2D eigenvalue weighted by atomic mass is 9.89. The molecule has 7 heteroatoms. The van der Waals surface area contributed by atoms with Gasteiger partial charge in [-0.3, -0.25) is 9.69 Å². The van der Waals surface area contributed by atoms with E-state index in [0.717, 1.165) is 43.7 Å². The van der Waals surface area contributed by atoms with Crippen molar-refractivity contribution in [3.05, 3.63) is 52.0 Å². The molecule has 4 rings (SSSR count). The molecule has 0 saturated carbocycles. The van der Waals surface area contributed by atoms with Crippen LogP contribution in [-0.4, -0.2) is 50.7 Å². The van der Waals surface area contributed by atoms with E-state index in [1.165, 1.54) is 19.3 Å². The van der Waals surface area contributed by atoms with Crippen LogP contribution < -0.4 is 14.4 Å². The molecule has 0 spiro atoms. The zero-order chi connectivity index (χ0) is 22.5. The average molecular weight is 477 g/mol. The smallest absolute Gasteiger partial charge is 0.234 e. The highest BCUT2D eigenvalue weighted by Crippen LogP contribution is 2.37. The molecule has 0 N–H and O–H groups in total. The lowest BCUT2D eigenvalue weighted by Crippen LogP contribution is -2.40. The van der Waals surface area contributed by atoms with Crippen molar-refractivity contribution in [3.8, 4) is 11.5 Å². The summed E-state index contributed by atoms with van der Waals surface area (Å²) in [6.45, 7) is 4.45. The van der Waals surface area contributed by atoms with Gasteiger partial charge in [-0.25, -0.2) is 0 Å². The summed E-state index contributed by atoms with van der Waals surface area (Å²) < 4.78 is 11.6. The molecule has 2 aromatic rings. The van der Waals surface area contributed by atoms with Crippen molar-refractivity contribution in [2.45, 2.75) is 38.0 Å². The monoisotopic (exact) mass is 476 g/mol. The summed E-state index contributed by atoms with van der Waals surface area (Å²) in [5, 5.41) is 0.972. The molecule has 2 saturated heterocycles. The minimum Gasteiger partial charge on any atom is -0.493 e. The van der Waals surface area contributed by atoms with Crippen LogP contribution in [0, 0.1) is 0 Å². The van der Waals surface area contributed by atoms with Gasteiger partial charge >= 0.3 is 0 Å². The van der Waals surface area contributed by atoms with E-state index in [4.69, 9.17) is 32.7 Å². The van der Waals surface area contributed by atoms with E-state index in [1.807, 2.05) is 29.2 Å². The zero-order valence-electron chi connectivity index (χ0n) is 18.5. The van der Waals surface area contributed by atoms with E-state index >= 15 is 0 Å². The third-order valence-electron chi connectivity index (χ3n) is 6.36. The Balaban J connectivity index is 1.48. The van der Waals surface area contributed by atoms with Gasteiger partial charge in [0.2, 0.25) is 5.91 Å². The van der Waals surface area contributed by atoms with Crippen molar-refractivity contribution in [1.29, 1.82) is 0 Å². The molecule has 2 aliphatic heterocycles. The van der Waals surface area contributed by atoms with Gasteiger partial charge in [0.1, 0.15) is 6.61 Å². The van der Waals surface area contributed by atoms with Gasteiger partial charge in [0.15, 0.2) is 11.5 Å². The quantitative estimate of drug-likeness (QED) is 0.507. The molecule has 0 bridgehead atoms. The molecule has 1 unspecified atom stereocenters. The van der Waals surface area contributed by atoms with Gasteiger partial charge in [-0.2, -0.15) is 0 Å². The molecule has 5 nitrogen and oxygen atoms in total. The fourth-order valence-corrected chi connectivity index (χ4v) is 4.89. The summed E-state index contributed by atoms with van der Waals surface area (Å²) in [6.07, 6.45) is 5.54. The maximum atomic E-state index is 13.4. The summed E-state index contributed by atoms with van der Waals surface area (Å²) >= 11 is 12.3. The maximum Gasteiger partial charge on any atom is 0.234 e. The van der Waals surface area contributed by atoms with Gasteiger partial charge in [-0.05, 0) is 68.6 Å². The Bertz CT molecular complexity index is 947. The topological polar surface area (TPSA) is 42.0 Å². The molecule has 0 aromatic heterocycles. The standard InChI is InChI=1S/C25H30Cl2N2O3/c1-31-23-10-8-19(17-24(23)32-15-14-28-11-3-2-4-12-28)29-13-5-6-20(25(29)30)18-7-9-21(26)22(27)16-18/h7-10,16-17,20H,2-6,11-15H2,1H3. The average Bonchev–Trinajstić information content (AvgIpc) is 2.82. The number of anilines is 1. The first-order valence-corrected chi connectivity index (χ1v) is 12.1. The van der Waals surface area contributed by atoms with Gasteiger partial charge < -0.3 is 14.4 Å². The van der Waals surface area contributed by atoms with Crippen LogP contribution in [0.25, 0.3) is 0 Å². The number of hydrogen-bond acceptors (Lipinski definition) is 4. The summed E-state index contributed by atoms with van der Waals surface area (Å²) in [4.78, 5) is 17.7. The molecule has 1 amide bonds. The van der Waals surface area contributed by atoms with Crippen LogP contribution in [0.2, 0.25) is 10.0 Å². The van der Waals surface area contributed by atoms with E-state index in [2.05, 4.69) is 4.90 Å². The Kier molecular flexibility index (Phi) is 7.82. The molecule has 172 valence electrons. The number of carbonyl (C=O) groups is 1. The Labute approximate surface area is 200 Å². The van der Waals surface area contributed by atoms with Crippen molar-refractivity contribution in [2.24, 2.45) is 0 Å². The Hall–Kier alpha value is -1.95. The summed E-state index contributed by atoms with van der Waals surface area (Å²) in [5.74, 6) is 1.19. The zero-order valence-corrected chi connectivity index (χ0v) is 20.0. The van der Waals surface area contributed by atoms with Crippen LogP contribution in [0.5, 0.6) is 11.5 Å². The number of halogens is 2. The molecule has 2 heterocycles. The van der Waals surface area contributed by atoms with Gasteiger partial charge in [0.05, 0.1) is 23.1 Å². The number of amides is 1. The molecule has 2 fully saturated rings. The van der Waals surface area contributed by atoms with Crippen molar-refractivity contribution in [2.75, 3.05) is 44.8 Å². The molecule has 2 aromatic carbocycles. The molecule has 1 atom stereocenters. The Morgan fingerprint density at radius 3 is 2.50 bits per heavy atom. The Morgan fingerprint density at radius 1 is 0.938 bits per heavy atom. The third-order valence-corrected chi connectivity index (χ3v) is 7.10. The second-order valence-electron chi connectivity index (χ2n) is 8.44. The van der Waals surface area contributed by atoms with Gasteiger partial charge in [0.25, 0.3) is 0 Å². The Morgan fingerprint density at radius 2 is 1.75 bits per heavy atom. The summed E-state index contributed by atoms with van der Waals surface area (Å²) in [7, 11) is 1.64. The molecule has 32 heavy (non-hydrogen) atoms. The van der Waals surface area contributed by atoms with Crippen LogP contribution in [0.1, 0.15) is 43.6 Å². The first kappa shape index (κ1) is 23.2. The highest BCUT2D eigenvalue weighted by atomic mass is 35.5. The van der Waals surface area contributed by atoms with Crippen molar-refractivity contribution < 1.29 is 14.3 Å². The van der Waals surface area contributed by atoms with Gasteiger partial charge in [0, 0.05) is 24.8 Å². The van der Waals surface area contributed by atoms with Crippen molar-refractivity contribution >= 4 is 34.8 Å². The lowest BCUT2D eigenvalue weighted by molar-refractivity contribution is -0.121.